The van der Waals surface area contributed by atoms with E-state index in [-0.39, 0.29) is 34.8 Å². The van der Waals surface area contributed by atoms with Gasteiger partial charge in [-0.2, -0.15) is 11.8 Å². The number of amides is 1. The maximum Gasteiger partial charge on any atom is 0.482 e. The van der Waals surface area contributed by atoms with Crippen LogP contribution < -0.4 is 11.1 Å². The summed E-state index contributed by atoms with van der Waals surface area (Å²) in [4.78, 5) is 26.3. The number of benzene rings is 1. The Bertz CT molecular complexity index is 1260. The first-order valence-corrected chi connectivity index (χ1v) is 16.0. The Morgan fingerprint density at radius 3 is 2.68 bits per heavy atom. The van der Waals surface area contributed by atoms with E-state index in [1.54, 1.807) is 6.92 Å². The number of ketones is 1. The molecule has 8 nitrogen and oxygen atoms in total. The number of Topliss-reactive ketones (excluding diaryl/α,β-unsaturated/α-hetero) is 1. The molecule has 5 atom stereocenters. The summed E-state index contributed by atoms with van der Waals surface area (Å²) in [5.74, 6) is 0.984. The van der Waals surface area contributed by atoms with Crippen molar-refractivity contribution in [3.8, 4) is 0 Å². The third kappa shape index (κ3) is 4.91. The van der Waals surface area contributed by atoms with Crippen molar-refractivity contribution >= 4 is 58.8 Å². The van der Waals surface area contributed by atoms with Crippen molar-refractivity contribution in [2.24, 2.45) is 17.3 Å². The molecule has 3 aliphatic carbocycles. The van der Waals surface area contributed by atoms with Crippen LogP contribution in [-0.4, -0.2) is 58.7 Å². The number of nitrogens with two attached hydrogens (primary N) is 1. The molecule has 6 rings (SSSR count). The van der Waals surface area contributed by atoms with Crippen LogP contribution in [0.4, 0.5) is 5.13 Å². The molecule has 1 saturated heterocycles. The van der Waals surface area contributed by atoms with Gasteiger partial charge in [0.1, 0.15) is 0 Å². The summed E-state index contributed by atoms with van der Waals surface area (Å²) in [5.41, 5.74) is 8.12. The first-order valence-electron chi connectivity index (χ1n) is 13.0. The molecule has 4 fully saturated rings. The van der Waals surface area contributed by atoms with E-state index < -0.39 is 7.12 Å². The van der Waals surface area contributed by atoms with Gasteiger partial charge in [-0.05, 0) is 80.7 Å². The molecular formula is C26H35BN4O4S3. The van der Waals surface area contributed by atoms with Gasteiger partial charge in [0.05, 0.1) is 23.4 Å². The van der Waals surface area contributed by atoms with Gasteiger partial charge in [-0.15, -0.1) is 10.2 Å². The Kier molecular flexibility index (Phi) is 7.67. The Hall–Kier alpha value is -1.60. The Labute approximate surface area is 237 Å². The molecule has 1 unspecified atom stereocenters. The quantitative estimate of drug-likeness (QED) is 0.331. The molecule has 1 aromatic heterocycles. The number of nitrogens with zero attached hydrogens (tertiary/aromatic N) is 2. The topological polar surface area (TPSA) is 116 Å². The average molecular weight is 575 g/mol. The number of hydrogen-bond donors (Lipinski definition) is 2. The van der Waals surface area contributed by atoms with E-state index in [4.69, 9.17) is 15.0 Å². The average Bonchev–Trinajstić information content (AvgIpc) is 3.41. The van der Waals surface area contributed by atoms with E-state index in [9.17, 15) is 9.59 Å². The molecule has 38 heavy (non-hydrogen) atoms. The highest BCUT2D eigenvalue weighted by atomic mass is 32.2. The van der Waals surface area contributed by atoms with Gasteiger partial charge >= 0.3 is 7.12 Å². The van der Waals surface area contributed by atoms with Gasteiger partial charge in [-0.3, -0.25) is 9.59 Å². The van der Waals surface area contributed by atoms with Crippen LogP contribution in [-0.2, 0) is 20.5 Å². The zero-order valence-electron chi connectivity index (χ0n) is 22.7. The Balaban J connectivity index is 1.42. The molecule has 0 spiro atoms. The monoisotopic (exact) mass is 574 g/mol. The molecule has 12 heteroatoms. The Morgan fingerprint density at radius 1 is 1.29 bits per heavy atom. The molecule has 204 valence electrons. The van der Waals surface area contributed by atoms with Crippen molar-refractivity contribution in [1.29, 1.82) is 0 Å². The first kappa shape index (κ1) is 28.0. The molecule has 3 N–H and O–H groups in total. The van der Waals surface area contributed by atoms with E-state index in [0.717, 1.165) is 22.4 Å². The predicted molar refractivity (Wildman–Crippen MR) is 154 cm³/mol. The number of thioether (sulfide) groups is 1. The molecule has 1 aromatic carbocycles. The van der Waals surface area contributed by atoms with Crippen LogP contribution in [0.3, 0.4) is 0 Å². The first-order chi connectivity index (χ1) is 17.9. The van der Waals surface area contributed by atoms with Crippen LogP contribution in [0.15, 0.2) is 21.4 Å². The van der Waals surface area contributed by atoms with Crippen LogP contribution in [0.25, 0.3) is 0 Å². The summed E-state index contributed by atoms with van der Waals surface area (Å²) >= 11 is 4.16. The van der Waals surface area contributed by atoms with E-state index >= 15 is 0 Å². The zero-order valence-corrected chi connectivity index (χ0v) is 25.1. The molecule has 2 heterocycles. The second-order valence-corrected chi connectivity index (χ2v) is 14.6. The van der Waals surface area contributed by atoms with Gasteiger partial charge in [0.15, 0.2) is 10.1 Å². The number of nitrogens with one attached hydrogen (secondary N) is 1. The van der Waals surface area contributed by atoms with Crippen molar-refractivity contribution in [2.75, 3.05) is 17.7 Å². The molecule has 3 saturated carbocycles. The van der Waals surface area contributed by atoms with Crippen molar-refractivity contribution in [3.63, 3.8) is 0 Å². The van der Waals surface area contributed by atoms with Gasteiger partial charge in [-0.1, -0.05) is 43.0 Å². The number of carbonyl (C=O) groups excluding carboxylic acids is 2. The van der Waals surface area contributed by atoms with Gasteiger partial charge in [0.25, 0.3) is 0 Å². The van der Waals surface area contributed by atoms with Crippen molar-refractivity contribution < 1.29 is 18.9 Å². The van der Waals surface area contributed by atoms with Gasteiger partial charge in [0.2, 0.25) is 11.0 Å². The van der Waals surface area contributed by atoms with E-state index in [1.165, 1.54) is 41.3 Å². The molecule has 2 bridgehead atoms. The third-order valence-electron chi connectivity index (χ3n) is 8.87. The lowest BCUT2D eigenvalue weighted by molar-refractivity contribution is -0.199. The van der Waals surface area contributed by atoms with Gasteiger partial charge in [0, 0.05) is 10.5 Å². The normalized spacial score (nSPS) is 27.9. The molecule has 2 aromatic rings. The van der Waals surface area contributed by atoms with Crippen LogP contribution >= 0.6 is 34.9 Å². The van der Waals surface area contributed by atoms with Crippen molar-refractivity contribution in [3.05, 3.63) is 28.8 Å². The lowest BCUT2D eigenvalue weighted by Gasteiger charge is -2.64. The highest BCUT2D eigenvalue weighted by Crippen LogP contribution is 2.65. The van der Waals surface area contributed by atoms with E-state index in [2.05, 4.69) is 36.3 Å². The number of aromatic nitrogens is 2. The van der Waals surface area contributed by atoms with Crippen LogP contribution in [0.2, 0.25) is 0 Å². The van der Waals surface area contributed by atoms with Crippen molar-refractivity contribution in [2.45, 2.75) is 80.8 Å². The number of nitrogen functional groups attached to an aromatic ring is 1. The summed E-state index contributed by atoms with van der Waals surface area (Å²) in [5, 5.41) is 11.5. The fourth-order valence-electron chi connectivity index (χ4n) is 6.73. The molecule has 0 radical (unpaired) electrons. The second kappa shape index (κ2) is 10.4. The summed E-state index contributed by atoms with van der Waals surface area (Å²) in [6, 6.07) is 3.96. The maximum atomic E-state index is 12.8. The van der Waals surface area contributed by atoms with Crippen LogP contribution in [0.1, 0.15) is 62.0 Å². The van der Waals surface area contributed by atoms with Crippen LogP contribution in [0.5, 0.6) is 0 Å². The second-order valence-electron chi connectivity index (χ2n) is 11.4. The highest BCUT2D eigenvalue weighted by Gasteiger charge is 2.68. The fraction of sp³-hybridized carbons (Fsp3) is 0.615. The van der Waals surface area contributed by atoms with E-state index in [0.29, 0.717) is 39.0 Å². The molecule has 1 aliphatic heterocycles. The zero-order chi connectivity index (χ0) is 27.4. The smallest absolute Gasteiger partial charge is 0.404 e. The summed E-state index contributed by atoms with van der Waals surface area (Å²) < 4.78 is 14.0. The van der Waals surface area contributed by atoms with Crippen molar-refractivity contribution in [1.82, 2.24) is 15.5 Å². The molecule has 4 aliphatic rings. The SMILES string of the molecule is CSCC(=O)N[C@@H](Cc1ccc(Sc2nnc(N)s2)c(C(C)=O)c1C)B1OC2C[C@@H]3C[C@@H](C3(C)C)[C@]2(C)O1. The lowest BCUT2D eigenvalue weighted by atomic mass is 9.43. The maximum absolute atomic E-state index is 12.8. The third-order valence-corrected chi connectivity index (χ3v) is 11.3. The number of anilines is 1. The lowest BCUT2D eigenvalue weighted by Crippen LogP contribution is -2.65. The van der Waals surface area contributed by atoms with Gasteiger partial charge < -0.3 is 20.4 Å². The molecule has 1 amide bonds. The highest BCUT2D eigenvalue weighted by molar-refractivity contribution is 8.01. The minimum absolute atomic E-state index is 0.0243. The van der Waals surface area contributed by atoms with E-state index in [1.807, 2.05) is 25.3 Å². The number of hydrogen-bond acceptors (Lipinski definition) is 10. The standard InChI is InChI=1S/C26H35BN4O4S3/c1-13-15(7-8-17(22(13)14(2)32)37-24-31-30-23(28)38-24)9-20(29-21(33)12-36-6)27-34-19-11-16-10-18(25(16,3)4)26(19,5)35-27/h7-8,16,18-20H,9-12H2,1-6H3,(H2,28,30)(H,29,33)/t16-,18-,19?,20-,26-/m0/s1. The fourth-order valence-corrected chi connectivity index (χ4v) is 8.92. The Morgan fingerprint density at radius 2 is 2.05 bits per heavy atom. The largest absolute Gasteiger partial charge is 0.482 e. The van der Waals surface area contributed by atoms with Crippen LogP contribution in [0, 0.1) is 24.2 Å². The number of rotatable bonds is 9. The van der Waals surface area contributed by atoms with Gasteiger partial charge in [-0.25, -0.2) is 0 Å². The minimum Gasteiger partial charge on any atom is -0.404 e. The minimum atomic E-state index is -0.551. The summed E-state index contributed by atoms with van der Waals surface area (Å²) in [6.45, 7) is 10.4. The molecular weight excluding hydrogens is 539 g/mol. The predicted octanol–water partition coefficient (Wildman–Crippen LogP) is 4.44. The summed E-state index contributed by atoms with van der Waals surface area (Å²) in [7, 11) is -0.551. The summed E-state index contributed by atoms with van der Waals surface area (Å²) in [6.07, 6.45) is 4.58. The number of carbonyl (C=O) groups is 2.